The van der Waals surface area contributed by atoms with Gasteiger partial charge in [-0.1, -0.05) is 56.3 Å². The number of hydrogen-bond donors (Lipinski definition) is 1. The minimum absolute atomic E-state index is 0.0703. The summed E-state index contributed by atoms with van der Waals surface area (Å²) in [5, 5.41) is 2.93. The average Bonchev–Trinajstić information content (AvgIpc) is 2.94. The van der Waals surface area contributed by atoms with Gasteiger partial charge in [0.2, 0.25) is 11.8 Å². The quantitative estimate of drug-likeness (QED) is 0.331. The van der Waals surface area contributed by atoms with Crippen molar-refractivity contribution in [3.63, 3.8) is 0 Å². The van der Waals surface area contributed by atoms with Crippen LogP contribution < -0.4 is 14.4 Å². The molecule has 0 unspecified atom stereocenters. The molecule has 0 spiro atoms. The van der Waals surface area contributed by atoms with Crippen LogP contribution in [0, 0.1) is 0 Å². The van der Waals surface area contributed by atoms with Crippen molar-refractivity contribution in [3.8, 4) is 5.75 Å². The Labute approximate surface area is 244 Å². The SMILES string of the molecule is COc1ccc(CN(C(=O)CN(c2ccc(C(C)C)cc2)S(=O)(=O)c2ccccc2)[C@@H](C)C(=O)NC(C)(C)C)cc1. The van der Waals surface area contributed by atoms with E-state index < -0.39 is 34.1 Å². The molecule has 0 fully saturated rings. The van der Waals surface area contributed by atoms with Crippen LogP contribution >= 0.6 is 0 Å². The van der Waals surface area contributed by atoms with Crippen molar-refractivity contribution in [1.82, 2.24) is 10.2 Å². The van der Waals surface area contributed by atoms with E-state index in [2.05, 4.69) is 19.2 Å². The second-order valence-corrected chi connectivity index (χ2v) is 13.2. The van der Waals surface area contributed by atoms with Crippen molar-refractivity contribution in [3.05, 3.63) is 90.0 Å². The molecule has 2 amide bonds. The van der Waals surface area contributed by atoms with Crippen molar-refractivity contribution in [2.75, 3.05) is 18.0 Å². The molecule has 9 heteroatoms. The van der Waals surface area contributed by atoms with E-state index in [1.165, 1.54) is 17.0 Å². The van der Waals surface area contributed by atoms with Gasteiger partial charge in [-0.15, -0.1) is 0 Å². The second kappa shape index (κ2) is 13.2. The van der Waals surface area contributed by atoms with E-state index in [-0.39, 0.29) is 23.3 Å². The zero-order valence-corrected chi connectivity index (χ0v) is 25.7. The van der Waals surface area contributed by atoms with Gasteiger partial charge in [0.1, 0.15) is 18.3 Å². The van der Waals surface area contributed by atoms with E-state index in [0.29, 0.717) is 11.4 Å². The molecule has 0 saturated carbocycles. The molecule has 1 N–H and O–H groups in total. The third-order valence-corrected chi connectivity index (χ3v) is 8.42. The Morgan fingerprint density at radius 1 is 0.878 bits per heavy atom. The van der Waals surface area contributed by atoms with Crippen LogP contribution in [-0.2, 0) is 26.2 Å². The van der Waals surface area contributed by atoms with Crippen LogP contribution in [0.2, 0.25) is 0 Å². The lowest BCUT2D eigenvalue weighted by Gasteiger charge is -2.33. The third kappa shape index (κ3) is 8.33. The van der Waals surface area contributed by atoms with Crippen LogP contribution in [-0.4, -0.2) is 50.4 Å². The van der Waals surface area contributed by atoms with E-state index in [1.807, 2.05) is 45.0 Å². The number of methoxy groups -OCH3 is 1. The third-order valence-electron chi connectivity index (χ3n) is 6.64. The molecule has 0 aliphatic carbocycles. The molecule has 0 saturated heterocycles. The number of ether oxygens (including phenoxy) is 1. The van der Waals surface area contributed by atoms with E-state index in [1.54, 1.807) is 56.5 Å². The van der Waals surface area contributed by atoms with Gasteiger partial charge in [-0.25, -0.2) is 8.42 Å². The first-order chi connectivity index (χ1) is 19.2. The fraction of sp³-hybridized carbons (Fsp3) is 0.375. The topological polar surface area (TPSA) is 96.0 Å². The number of nitrogens with one attached hydrogen (secondary N) is 1. The van der Waals surface area contributed by atoms with E-state index >= 15 is 0 Å². The van der Waals surface area contributed by atoms with E-state index in [0.717, 1.165) is 15.4 Å². The Balaban J connectivity index is 2.03. The van der Waals surface area contributed by atoms with Crippen LogP contribution in [0.3, 0.4) is 0 Å². The molecule has 0 bridgehead atoms. The first kappa shape index (κ1) is 31.7. The van der Waals surface area contributed by atoms with Crippen LogP contribution in [0.15, 0.2) is 83.8 Å². The summed E-state index contributed by atoms with van der Waals surface area (Å²) in [7, 11) is -2.54. The summed E-state index contributed by atoms with van der Waals surface area (Å²) in [5.41, 5.74) is 1.67. The van der Waals surface area contributed by atoms with Gasteiger partial charge in [-0.2, -0.15) is 0 Å². The molecular weight excluding hydrogens is 538 g/mol. The lowest BCUT2D eigenvalue weighted by Crippen LogP contribution is -2.54. The van der Waals surface area contributed by atoms with E-state index in [9.17, 15) is 18.0 Å². The Kier molecular flexibility index (Phi) is 10.2. The summed E-state index contributed by atoms with van der Waals surface area (Å²) in [4.78, 5) is 28.7. The number of carbonyl (C=O) groups is 2. The number of rotatable bonds is 11. The molecule has 220 valence electrons. The summed E-state index contributed by atoms with van der Waals surface area (Å²) in [6.45, 7) is 11.0. The van der Waals surface area contributed by atoms with Crippen molar-refractivity contribution in [2.45, 2.75) is 70.5 Å². The molecule has 0 aromatic heterocycles. The monoisotopic (exact) mass is 579 g/mol. The van der Waals surface area contributed by atoms with Crippen molar-refractivity contribution in [2.24, 2.45) is 0 Å². The number of sulfonamides is 1. The molecule has 0 aliphatic rings. The molecule has 3 aromatic rings. The molecule has 0 heterocycles. The van der Waals surface area contributed by atoms with Gasteiger partial charge >= 0.3 is 0 Å². The van der Waals surface area contributed by atoms with Crippen LogP contribution in [0.1, 0.15) is 58.6 Å². The number of hydrogen-bond acceptors (Lipinski definition) is 5. The van der Waals surface area contributed by atoms with Gasteiger partial charge in [0, 0.05) is 12.1 Å². The highest BCUT2D eigenvalue weighted by molar-refractivity contribution is 7.92. The van der Waals surface area contributed by atoms with Crippen molar-refractivity contribution >= 4 is 27.5 Å². The predicted octanol–water partition coefficient (Wildman–Crippen LogP) is 5.35. The summed E-state index contributed by atoms with van der Waals surface area (Å²) >= 11 is 0. The van der Waals surface area contributed by atoms with Gasteiger partial charge in [0.25, 0.3) is 10.0 Å². The Morgan fingerprint density at radius 2 is 1.46 bits per heavy atom. The fourth-order valence-electron chi connectivity index (χ4n) is 4.26. The van der Waals surface area contributed by atoms with Gasteiger partial charge in [-0.05, 0) is 81.1 Å². The molecule has 41 heavy (non-hydrogen) atoms. The van der Waals surface area contributed by atoms with Crippen LogP contribution in [0.5, 0.6) is 5.75 Å². The van der Waals surface area contributed by atoms with Gasteiger partial charge in [0.05, 0.1) is 17.7 Å². The van der Waals surface area contributed by atoms with Gasteiger partial charge < -0.3 is 15.0 Å². The minimum atomic E-state index is -4.10. The zero-order chi connectivity index (χ0) is 30.4. The molecule has 0 aliphatic heterocycles. The maximum Gasteiger partial charge on any atom is 0.264 e. The molecule has 3 aromatic carbocycles. The van der Waals surface area contributed by atoms with Gasteiger partial charge in [-0.3, -0.25) is 13.9 Å². The normalized spacial score (nSPS) is 12.5. The van der Waals surface area contributed by atoms with Gasteiger partial charge in [0.15, 0.2) is 0 Å². The lowest BCUT2D eigenvalue weighted by atomic mass is 10.0. The summed E-state index contributed by atoms with van der Waals surface area (Å²) in [5.74, 6) is 0.0742. The Morgan fingerprint density at radius 3 is 1.98 bits per heavy atom. The number of amides is 2. The Bertz CT molecular complexity index is 1410. The summed E-state index contributed by atoms with van der Waals surface area (Å²) in [6.07, 6.45) is 0. The molecule has 1 atom stereocenters. The largest absolute Gasteiger partial charge is 0.497 e. The first-order valence-corrected chi connectivity index (χ1v) is 15.1. The molecule has 0 radical (unpaired) electrons. The highest BCUT2D eigenvalue weighted by atomic mass is 32.2. The highest BCUT2D eigenvalue weighted by Gasteiger charge is 2.33. The number of nitrogens with zero attached hydrogens (tertiary/aromatic N) is 2. The molecular formula is C32H41N3O5S. The first-order valence-electron chi connectivity index (χ1n) is 13.6. The predicted molar refractivity (Wildman–Crippen MR) is 162 cm³/mol. The number of carbonyl (C=O) groups excluding carboxylic acids is 2. The lowest BCUT2D eigenvalue weighted by molar-refractivity contribution is -0.140. The molecule has 8 nitrogen and oxygen atoms in total. The minimum Gasteiger partial charge on any atom is -0.497 e. The van der Waals surface area contributed by atoms with Crippen molar-refractivity contribution in [1.29, 1.82) is 0 Å². The second-order valence-electron chi connectivity index (χ2n) is 11.4. The average molecular weight is 580 g/mol. The Hall–Kier alpha value is -3.85. The maximum absolute atomic E-state index is 14.0. The zero-order valence-electron chi connectivity index (χ0n) is 24.9. The number of anilines is 1. The smallest absolute Gasteiger partial charge is 0.264 e. The van der Waals surface area contributed by atoms with Crippen molar-refractivity contribution < 1.29 is 22.7 Å². The van der Waals surface area contributed by atoms with E-state index in [4.69, 9.17) is 4.74 Å². The fourth-order valence-corrected chi connectivity index (χ4v) is 5.69. The number of benzene rings is 3. The summed E-state index contributed by atoms with van der Waals surface area (Å²) in [6, 6.07) is 21.5. The highest BCUT2D eigenvalue weighted by Crippen LogP contribution is 2.27. The molecule has 3 rings (SSSR count). The van der Waals surface area contributed by atoms with Crippen LogP contribution in [0.25, 0.3) is 0 Å². The van der Waals surface area contributed by atoms with Crippen LogP contribution in [0.4, 0.5) is 5.69 Å². The standard InChI is InChI=1S/C32H41N3O5S/c1-23(2)26-15-17-27(18-16-26)35(41(38,39)29-11-9-8-10-12-29)22-30(36)34(24(3)31(37)33-32(4,5)6)21-25-13-19-28(40-7)20-14-25/h8-20,23-24H,21-22H2,1-7H3,(H,33,37)/t24-/m0/s1. The maximum atomic E-state index is 14.0. The summed E-state index contributed by atoms with van der Waals surface area (Å²) < 4.78 is 34.1.